The third kappa shape index (κ3) is 5.33. The van der Waals surface area contributed by atoms with Gasteiger partial charge in [0.25, 0.3) is 5.91 Å². The Bertz CT molecular complexity index is 1220. The normalized spacial score (nSPS) is 10.5. The number of para-hydroxylation sites is 1. The van der Waals surface area contributed by atoms with Crippen molar-refractivity contribution in [3.63, 3.8) is 0 Å². The Morgan fingerprint density at radius 1 is 0.909 bits per heavy atom. The summed E-state index contributed by atoms with van der Waals surface area (Å²) in [5.74, 6) is 2.33. The van der Waals surface area contributed by atoms with E-state index in [1.165, 1.54) is 0 Å². The molecule has 0 aliphatic carbocycles. The van der Waals surface area contributed by atoms with Crippen LogP contribution in [0.1, 0.15) is 5.56 Å². The fraction of sp³-hybridized carbons (Fsp3) is 0.154. The van der Waals surface area contributed by atoms with Crippen molar-refractivity contribution in [2.24, 2.45) is 0 Å². The van der Waals surface area contributed by atoms with Gasteiger partial charge in [-0.1, -0.05) is 48.5 Å². The van der Waals surface area contributed by atoms with Gasteiger partial charge in [-0.2, -0.15) is 5.10 Å². The van der Waals surface area contributed by atoms with Gasteiger partial charge in [0.15, 0.2) is 6.61 Å². The fourth-order valence-electron chi connectivity index (χ4n) is 3.48. The maximum atomic E-state index is 12.6. The number of hydrogen-bond acceptors (Lipinski definition) is 5. The number of ether oxygens (including phenoxy) is 3. The first-order chi connectivity index (χ1) is 16.2. The first kappa shape index (κ1) is 22.0. The molecule has 1 aromatic heterocycles. The highest BCUT2D eigenvalue weighted by Gasteiger charge is 2.13. The van der Waals surface area contributed by atoms with E-state index in [4.69, 9.17) is 14.2 Å². The first-order valence-electron chi connectivity index (χ1n) is 10.5. The molecule has 0 spiro atoms. The molecule has 0 aliphatic heterocycles. The molecule has 0 aliphatic rings. The molecule has 1 amide bonds. The van der Waals surface area contributed by atoms with E-state index in [1.807, 2.05) is 72.8 Å². The maximum absolute atomic E-state index is 12.6. The van der Waals surface area contributed by atoms with E-state index in [2.05, 4.69) is 10.4 Å². The van der Waals surface area contributed by atoms with E-state index >= 15 is 0 Å². The number of hydrogen-bond donors (Lipinski definition) is 1. The van der Waals surface area contributed by atoms with E-state index in [1.54, 1.807) is 31.2 Å². The summed E-state index contributed by atoms with van der Waals surface area (Å²) in [5, 5.41) is 7.20. The lowest BCUT2D eigenvalue weighted by molar-refractivity contribution is -0.118. The van der Waals surface area contributed by atoms with E-state index in [0.29, 0.717) is 29.6 Å². The fourth-order valence-corrected chi connectivity index (χ4v) is 3.48. The third-order valence-corrected chi connectivity index (χ3v) is 5.13. The smallest absolute Gasteiger partial charge is 0.263 e. The number of amides is 1. The third-order valence-electron chi connectivity index (χ3n) is 5.13. The Kier molecular flexibility index (Phi) is 6.90. The van der Waals surface area contributed by atoms with Crippen molar-refractivity contribution < 1.29 is 19.0 Å². The number of methoxy groups -OCH3 is 2. The predicted octanol–water partition coefficient (Wildman–Crippen LogP) is 4.63. The van der Waals surface area contributed by atoms with Gasteiger partial charge in [-0.25, -0.2) is 4.68 Å². The highest BCUT2D eigenvalue weighted by Crippen LogP contribution is 2.29. The molecule has 33 heavy (non-hydrogen) atoms. The van der Waals surface area contributed by atoms with Crippen LogP contribution >= 0.6 is 0 Å². The van der Waals surface area contributed by atoms with Crippen molar-refractivity contribution in [1.82, 2.24) is 9.78 Å². The lowest BCUT2D eigenvalue weighted by atomic mass is 10.1. The summed E-state index contributed by atoms with van der Waals surface area (Å²) in [6.45, 7) is 0.300. The molecule has 7 heteroatoms. The predicted molar refractivity (Wildman–Crippen MR) is 127 cm³/mol. The summed E-state index contributed by atoms with van der Waals surface area (Å²) in [4.78, 5) is 12.6. The quantitative estimate of drug-likeness (QED) is 0.408. The summed E-state index contributed by atoms with van der Waals surface area (Å²) in [5.41, 5.74) is 2.87. The molecule has 4 aromatic rings. The molecule has 0 unspecified atom stereocenters. The molecule has 0 fully saturated rings. The van der Waals surface area contributed by atoms with Gasteiger partial charge < -0.3 is 19.5 Å². The highest BCUT2D eigenvalue weighted by molar-refractivity contribution is 5.91. The van der Waals surface area contributed by atoms with Crippen LogP contribution in [0.25, 0.3) is 11.1 Å². The molecular weight excluding hydrogens is 418 g/mol. The molecular formula is C26H25N3O4. The number of benzene rings is 3. The van der Waals surface area contributed by atoms with Crippen molar-refractivity contribution in [1.29, 1.82) is 0 Å². The summed E-state index contributed by atoms with van der Waals surface area (Å²) in [6, 6.07) is 24.9. The van der Waals surface area contributed by atoms with Gasteiger partial charge >= 0.3 is 0 Å². The van der Waals surface area contributed by atoms with Crippen LogP contribution in [0.4, 0.5) is 5.82 Å². The van der Waals surface area contributed by atoms with Crippen LogP contribution in [-0.2, 0) is 11.3 Å². The zero-order chi connectivity index (χ0) is 23.0. The number of anilines is 1. The second-order valence-corrected chi connectivity index (χ2v) is 7.25. The zero-order valence-corrected chi connectivity index (χ0v) is 18.5. The van der Waals surface area contributed by atoms with Crippen molar-refractivity contribution in [3.05, 3.63) is 90.6 Å². The van der Waals surface area contributed by atoms with E-state index in [9.17, 15) is 4.79 Å². The van der Waals surface area contributed by atoms with Crippen molar-refractivity contribution in [2.45, 2.75) is 6.54 Å². The Hall–Kier alpha value is -4.26. The highest BCUT2D eigenvalue weighted by atomic mass is 16.5. The second kappa shape index (κ2) is 10.4. The maximum Gasteiger partial charge on any atom is 0.263 e. The zero-order valence-electron chi connectivity index (χ0n) is 18.5. The van der Waals surface area contributed by atoms with Gasteiger partial charge in [-0.3, -0.25) is 4.79 Å². The number of aromatic nitrogens is 2. The summed E-state index contributed by atoms with van der Waals surface area (Å²) >= 11 is 0. The van der Waals surface area contributed by atoms with Gasteiger partial charge in [0.05, 0.1) is 27.0 Å². The minimum atomic E-state index is -0.277. The van der Waals surface area contributed by atoms with Gasteiger partial charge in [-0.05, 0) is 23.8 Å². The van der Waals surface area contributed by atoms with Gasteiger partial charge in [0.2, 0.25) is 0 Å². The van der Waals surface area contributed by atoms with Crippen LogP contribution < -0.4 is 19.5 Å². The van der Waals surface area contributed by atoms with Gasteiger partial charge in [0.1, 0.15) is 23.1 Å². The molecule has 1 N–H and O–H groups in total. The topological polar surface area (TPSA) is 74.6 Å². The van der Waals surface area contributed by atoms with Crippen molar-refractivity contribution >= 4 is 11.7 Å². The number of nitrogens with zero attached hydrogens (tertiary/aromatic N) is 2. The SMILES string of the molecule is COc1ccc(Cn2nccc2NC(=O)COc2ccccc2-c2ccccc2)c(OC)c1. The summed E-state index contributed by atoms with van der Waals surface area (Å²) in [6.07, 6.45) is 1.64. The average molecular weight is 444 g/mol. The standard InChI is InChI=1S/C26H25N3O4/c1-31-21-13-12-20(24(16-21)32-2)17-29-25(14-15-27-29)28-26(30)18-33-23-11-7-6-10-22(23)19-8-4-3-5-9-19/h3-16H,17-18H2,1-2H3,(H,28,30). The Balaban J connectivity index is 1.42. The minimum Gasteiger partial charge on any atom is -0.497 e. The van der Waals surface area contributed by atoms with Crippen LogP contribution in [0.3, 0.4) is 0 Å². The van der Waals surface area contributed by atoms with Crippen LogP contribution in [0.5, 0.6) is 17.2 Å². The molecule has 168 valence electrons. The lowest BCUT2D eigenvalue weighted by Gasteiger charge is -2.14. The van der Waals surface area contributed by atoms with Gasteiger partial charge in [-0.15, -0.1) is 0 Å². The minimum absolute atomic E-state index is 0.124. The number of carbonyl (C=O) groups excluding carboxylic acids is 1. The molecule has 0 radical (unpaired) electrons. The van der Waals surface area contributed by atoms with Crippen LogP contribution in [-0.4, -0.2) is 36.5 Å². The molecule has 3 aromatic carbocycles. The monoisotopic (exact) mass is 443 g/mol. The van der Waals surface area contributed by atoms with Gasteiger partial charge in [0, 0.05) is 23.3 Å². The molecule has 4 rings (SSSR count). The Morgan fingerprint density at radius 3 is 2.48 bits per heavy atom. The number of nitrogens with one attached hydrogen (secondary N) is 1. The van der Waals surface area contributed by atoms with Crippen LogP contribution in [0.15, 0.2) is 85.1 Å². The van der Waals surface area contributed by atoms with Crippen molar-refractivity contribution in [2.75, 3.05) is 26.1 Å². The number of carbonyl (C=O) groups is 1. The molecule has 0 saturated heterocycles. The lowest BCUT2D eigenvalue weighted by Crippen LogP contribution is -2.22. The summed E-state index contributed by atoms with van der Waals surface area (Å²) < 4.78 is 18.3. The van der Waals surface area contributed by atoms with Crippen LogP contribution in [0, 0.1) is 0 Å². The van der Waals surface area contributed by atoms with E-state index in [0.717, 1.165) is 16.7 Å². The first-order valence-corrected chi connectivity index (χ1v) is 10.5. The molecule has 0 atom stereocenters. The van der Waals surface area contributed by atoms with E-state index < -0.39 is 0 Å². The van der Waals surface area contributed by atoms with E-state index in [-0.39, 0.29) is 12.5 Å². The number of rotatable bonds is 9. The Morgan fingerprint density at radius 2 is 1.70 bits per heavy atom. The van der Waals surface area contributed by atoms with Crippen molar-refractivity contribution in [3.8, 4) is 28.4 Å². The van der Waals surface area contributed by atoms with Crippen LogP contribution in [0.2, 0.25) is 0 Å². The second-order valence-electron chi connectivity index (χ2n) is 7.25. The molecule has 7 nitrogen and oxygen atoms in total. The summed E-state index contributed by atoms with van der Waals surface area (Å²) in [7, 11) is 3.21. The Labute approximate surface area is 192 Å². The largest absolute Gasteiger partial charge is 0.497 e. The average Bonchev–Trinajstić information content (AvgIpc) is 3.30. The molecule has 1 heterocycles. The molecule has 0 bridgehead atoms. The molecule has 0 saturated carbocycles.